The molecule has 0 unspecified atom stereocenters. The first-order valence-electron chi connectivity index (χ1n) is 8.81. The molecule has 8 heteroatoms. The summed E-state index contributed by atoms with van der Waals surface area (Å²) in [6, 6.07) is 11.5. The second-order valence-corrected chi connectivity index (χ2v) is 6.44. The monoisotopic (exact) mass is 415 g/mol. The molecule has 154 valence electrons. The summed E-state index contributed by atoms with van der Waals surface area (Å²) in [5.74, 6) is -4.99. The predicted molar refractivity (Wildman–Crippen MR) is 102 cm³/mol. The molecule has 0 saturated carbocycles. The second kappa shape index (κ2) is 8.69. The zero-order chi connectivity index (χ0) is 21.8. The van der Waals surface area contributed by atoms with E-state index in [0.717, 1.165) is 18.2 Å². The lowest BCUT2D eigenvalue weighted by atomic mass is 10.0. The molecule has 0 aliphatic carbocycles. The number of carbonyl (C=O) groups excluding carboxylic acids is 1. The van der Waals surface area contributed by atoms with E-state index in [2.05, 4.69) is 5.32 Å². The van der Waals surface area contributed by atoms with E-state index in [1.807, 2.05) is 0 Å². The maximum absolute atomic E-state index is 13.8. The van der Waals surface area contributed by atoms with Crippen LogP contribution in [0.15, 0.2) is 60.7 Å². The Hall–Kier alpha value is -3.81. The van der Waals surface area contributed by atoms with Crippen LogP contribution in [0.3, 0.4) is 0 Å². The Balaban J connectivity index is 1.87. The Morgan fingerprint density at radius 2 is 1.63 bits per heavy atom. The van der Waals surface area contributed by atoms with E-state index in [-0.39, 0.29) is 22.6 Å². The summed E-state index contributed by atoms with van der Waals surface area (Å²) >= 11 is 0. The number of carbonyl (C=O) groups is 2. The van der Waals surface area contributed by atoms with Crippen molar-refractivity contribution < 1.29 is 32.6 Å². The number of halogens is 3. The smallest absolute Gasteiger partial charge is 0.335 e. The molecular formula is C22H16F3NO4. The molecule has 1 atom stereocenters. The van der Waals surface area contributed by atoms with Gasteiger partial charge in [0.25, 0.3) is 5.91 Å². The van der Waals surface area contributed by atoms with Crippen LogP contribution in [0.1, 0.15) is 39.2 Å². The molecule has 1 amide bonds. The van der Waals surface area contributed by atoms with E-state index in [0.29, 0.717) is 11.6 Å². The van der Waals surface area contributed by atoms with Crippen molar-refractivity contribution in [1.29, 1.82) is 0 Å². The van der Waals surface area contributed by atoms with Crippen LogP contribution in [0.5, 0.6) is 11.5 Å². The van der Waals surface area contributed by atoms with Gasteiger partial charge >= 0.3 is 5.97 Å². The second-order valence-electron chi connectivity index (χ2n) is 6.44. The van der Waals surface area contributed by atoms with E-state index in [1.54, 1.807) is 13.0 Å². The van der Waals surface area contributed by atoms with Gasteiger partial charge in [0.05, 0.1) is 17.2 Å². The van der Waals surface area contributed by atoms with Crippen molar-refractivity contribution in [2.75, 3.05) is 0 Å². The van der Waals surface area contributed by atoms with Gasteiger partial charge in [-0.2, -0.15) is 0 Å². The molecule has 30 heavy (non-hydrogen) atoms. The van der Waals surface area contributed by atoms with Crippen LogP contribution in [-0.2, 0) is 0 Å². The Bertz CT molecular complexity index is 1100. The summed E-state index contributed by atoms with van der Waals surface area (Å²) in [5.41, 5.74) is 0.271. The van der Waals surface area contributed by atoms with E-state index in [4.69, 9.17) is 9.84 Å². The average molecular weight is 415 g/mol. The Morgan fingerprint density at radius 1 is 0.967 bits per heavy atom. The molecule has 0 spiro atoms. The number of carboxylic acid groups (broad SMARTS) is 1. The van der Waals surface area contributed by atoms with Crippen molar-refractivity contribution in [3.63, 3.8) is 0 Å². The number of rotatable bonds is 6. The minimum atomic E-state index is -1.24. The quantitative estimate of drug-likeness (QED) is 0.588. The van der Waals surface area contributed by atoms with Crippen LogP contribution in [0.25, 0.3) is 0 Å². The molecule has 5 nitrogen and oxygen atoms in total. The first-order valence-corrected chi connectivity index (χ1v) is 8.81. The van der Waals surface area contributed by atoms with Crippen molar-refractivity contribution in [3.05, 3.63) is 94.8 Å². The van der Waals surface area contributed by atoms with Crippen molar-refractivity contribution >= 4 is 11.9 Å². The number of hydrogen-bond acceptors (Lipinski definition) is 3. The van der Waals surface area contributed by atoms with Gasteiger partial charge in [-0.3, -0.25) is 4.79 Å². The molecule has 0 aromatic heterocycles. The largest absolute Gasteiger partial charge is 0.478 e. The summed E-state index contributed by atoms with van der Waals surface area (Å²) in [6.45, 7) is 1.61. The van der Waals surface area contributed by atoms with Gasteiger partial charge in [0.15, 0.2) is 11.6 Å². The van der Waals surface area contributed by atoms with Crippen LogP contribution >= 0.6 is 0 Å². The Morgan fingerprint density at radius 3 is 2.30 bits per heavy atom. The summed E-state index contributed by atoms with van der Waals surface area (Å²) < 4.78 is 46.0. The number of carboxylic acids is 1. The van der Waals surface area contributed by atoms with Crippen molar-refractivity contribution in [1.82, 2.24) is 5.32 Å². The molecule has 0 fully saturated rings. The lowest BCUT2D eigenvalue weighted by Crippen LogP contribution is -2.27. The van der Waals surface area contributed by atoms with Gasteiger partial charge in [0, 0.05) is 6.07 Å². The summed E-state index contributed by atoms with van der Waals surface area (Å²) in [6.07, 6.45) is 0. The summed E-state index contributed by atoms with van der Waals surface area (Å²) in [5, 5.41) is 11.7. The lowest BCUT2D eigenvalue weighted by Gasteiger charge is -2.17. The van der Waals surface area contributed by atoms with Gasteiger partial charge < -0.3 is 15.2 Å². The molecule has 3 aromatic carbocycles. The van der Waals surface area contributed by atoms with Crippen LogP contribution < -0.4 is 10.1 Å². The fourth-order valence-electron chi connectivity index (χ4n) is 2.72. The third kappa shape index (κ3) is 4.78. The third-order valence-corrected chi connectivity index (χ3v) is 4.29. The number of ether oxygens (including phenoxy) is 1. The van der Waals surface area contributed by atoms with Crippen molar-refractivity contribution in [2.24, 2.45) is 0 Å². The van der Waals surface area contributed by atoms with E-state index in [9.17, 15) is 22.8 Å². The highest BCUT2D eigenvalue weighted by Crippen LogP contribution is 2.28. The van der Waals surface area contributed by atoms with Crippen LogP contribution in [-0.4, -0.2) is 17.0 Å². The Labute approximate surface area is 169 Å². The minimum Gasteiger partial charge on any atom is -0.478 e. The number of nitrogens with one attached hydrogen (secondary N) is 1. The van der Waals surface area contributed by atoms with Gasteiger partial charge in [-0.1, -0.05) is 12.1 Å². The zero-order valence-electron chi connectivity index (χ0n) is 15.7. The average Bonchev–Trinajstić information content (AvgIpc) is 2.72. The van der Waals surface area contributed by atoms with Gasteiger partial charge in [0.1, 0.15) is 17.3 Å². The molecule has 3 rings (SSSR count). The molecule has 0 saturated heterocycles. The molecule has 3 aromatic rings. The first-order chi connectivity index (χ1) is 14.2. The van der Waals surface area contributed by atoms with Gasteiger partial charge in [-0.05, 0) is 55.0 Å². The third-order valence-electron chi connectivity index (χ3n) is 4.29. The highest BCUT2D eigenvalue weighted by atomic mass is 19.2. The normalized spacial score (nSPS) is 11.6. The highest BCUT2D eigenvalue weighted by Gasteiger charge is 2.20. The van der Waals surface area contributed by atoms with Gasteiger partial charge in [0.2, 0.25) is 0 Å². The molecule has 0 aliphatic heterocycles. The highest BCUT2D eigenvalue weighted by molar-refractivity contribution is 5.97. The van der Waals surface area contributed by atoms with Crippen molar-refractivity contribution in [2.45, 2.75) is 13.0 Å². The standard InChI is InChI=1S/C22H16F3NO4/c1-12(13-3-2-4-14(9-13)22(28)29)26-21(27)17-10-18(24)19(25)11-20(17)30-16-7-5-15(23)6-8-16/h2-12H,1H3,(H,26,27)(H,28,29)/t12-/m0/s1. The molecule has 0 aliphatic rings. The SMILES string of the molecule is C[C@H](NC(=O)c1cc(F)c(F)cc1Oc1ccc(F)cc1)c1cccc(C(=O)O)c1. The van der Waals surface area contributed by atoms with Crippen LogP contribution in [0, 0.1) is 17.5 Å². The maximum atomic E-state index is 13.8. The molecule has 0 radical (unpaired) electrons. The fourth-order valence-corrected chi connectivity index (χ4v) is 2.72. The predicted octanol–water partition coefficient (Wildman–Crippen LogP) is 5.09. The van der Waals surface area contributed by atoms with E-state index in [1.165, 1.54) is 30.3 Å². The zero-order valence-corrected chi connectivity index (χ0v) is 15.7. The summed E-state index contributed by atoms with van der Waals surface area (Å²) in [7, 11) is 0. The summed E-state index contributed by atoms with van der Waals surface area (Å²) in [4.78, 5) is 23.8. The first kappa shape index (κ1) is 20.9. The van der Waals surface area contributed by atoms with Crippen molar-refractivity contribution in [3.8, 4) is 11.5 Å². The van der Waals surface area contributed by atoms with Gasteiger partial charge in [-0.15, -0.1) is 0 Å². The minimum absolute atomic E-state index is 0.0433. The fraction of sp³-hybridized carbons (Fsp3) is 0.0909. The molecule has 2 N–H and O–H groups in total. The van der Waals surface area contributed by atoms with Gasteiger partial charge in [-0.25, -0.2) is 18.0 Å². The van der Waals surface area contributed by atoms with E-state index >= 15 is 0 Å². The molecule has 0 heterocycles. The Kier molecular flexibility index (Phi) is 6.06. The van der Waals surface area contributed by atoms with Crippen LogP contribution in [0.2, 0.25) is 0 Å². The number of hydrogen-bond donors (Lipinski definition) is 2. The topological polar surface area (TPSA) is 75.6 Å². The number of amides is 1. The maximum Gasteiger partial charge on any atom is 0.335 e. The molecular weight excluding hydrogens is 399 g/mol. The molecule has 0 bridgehead atoms. The number of aromatic carboxylic acids is 1. The van der Waals surface area contributed by atoms with Crippen LogP contribution in [0.4, 0.5) is 13.2 Å². The lowest BCUT2D eigenvalue weighted by molar-refractivity contribution is 0.0696. The van der Waals surface area contributed by atoms with E-state index < -0.39 is 35.4 Å². The number of benzene rings is 3.